The fourth-order valence-corrected chi connectivity index (χ4v) is 2.23. The van der Waals surface area contributed by atoms with Gasteiger partial charge in [-0.05, 0) is 38.1 Å². The van der Waals surface area contributed by atoms with Crippen LogP contribution in [0.5, 0.6) is 0 Å². The maximum atomic E-state index is 4.65. The third kappa shape index (κ3) is 4.14. The summed E-state index contributed by atoms with van der Waals surface area (Å²) < 4.78 is 0. The quantitative estimate of drug-likeness (QED) is 0.784. The first-order valence-electron chi connectivity index (χ1n) is 7.39. The lowest BCUT2D eigenvalue weighted by atomic mass is 10.1. The fourth-order valence-electron chi connectivity index (χ4n) is 2.23. The molecule has 0 radical (unpaired) electrons. The van der Waals surface area contributed by atoms with Gasteiger partial charge in [0.05, 0.1) is 5.69 Å². The zero-order valence-corrected chi connectivity index (χ0v) is 12.4. The maximum Gasteiger partial charge on any atom is 0.128 e. The third-order valence-corrected chi connectivity index (χ3v) is 3.32. The molecule has 0 unspecified atom stereocenters. The summed E-state index contributed by atoms with van der Waals surface area (Å²) in [5, 5.41) is 3.15. The average Bonchev–Trinajstić information content (AvgIpc) is 2.49. The van der Waals surface area contributed by atoms with Crippen LogP contribution in [-0.2, 0) is 12.8 Å². The van der Waals surface area contributed by atoms with Crippen LogP contribution in [0.25, 0.3) is 11.3 Å². The molecular weight excluding hydrogens is 246 g/mol. The Labute approximate surface area is 121 Å². The molecule has 0 atom stereocenters. The molecule has 0 aliphatic rings. The van der Waals surface area contributed by atoms with Crippen LogP contribution in [0.15, 0.2) is 36.5 Å². The van der Waals surface area contributed by atoms with Crippen LogP contribution >= 0.6 is 0 Å². The van der Waals surface area contributed by atoms with Gasteiger partial charge in [0.25, 0.3) is 0 Å². The van der Waals surface area contributed by atoms with E-state index in [-0.39, 0.29) is 0 Å². The van der Waals surface area contributed by atoms with E-state index in [1.165, 1.54) is 17.5 Å². The highest BCUT2D eigenvalue weighted by Gasteiger charge is 2.02. The number of hydrogen-bond donors (Lipinski definition) is 1. The summed E-state index contributed by atoms with van der Waals surface area (Å²) in [6.07, 6.45) is 6.16. The predicted octanol–water partition coefficient (Wildman–Crippen LogP) is 3.25. The van der Waals surface area contributed by atoms with Crippen molar-refractivity contribution in [3.63, 3.8) is 0 Å². The first-order valence-corrected chi connectivity index (χ1v) is 7.39. The molecule has 1 aromatic heterocycles. The number of nitrogens with one attached hydrogen (secondary N) is 1. The van der Waals surface area contributed by atoms with Crippen LogP contribution in [0.2, 0.25) is 0 Å². The normalized spacial score (nSPS) is 10.7. The van der Waals surface area contributed by atoms with E-state index in [4.69, 9.17) is 0 Å². The maximum absolute atomic E-state index is 4.65. The van der Waals surface area contributed by atoms with Gasteiger partial charge in [-0.3, -0.25) is 0 Å². The molecule has 0 aliphatic carbocycles. The minimum Gasteiger partial charge on any atom is -0.320 e. The summed E-state index contributed by atoms with van der Waals surface area (Å²) in [7, 11) is 1.97. The lowest BCUT2D eigenvalue weighted by Gasteiger charge is -2.05. The molecule has 3 nitrogen and oxygen atoms in total. The van der Waals surface area contributed by atoms with E-state index >= 15 is 0 Å². The Morgan fingerprint density at radius 3 is 2.55 bits per heavy atom. The Morgan fingerprint density at radius 1 is 1.05 bits per heavy atom. The van der Waals surface area contributed by atoms with Gasteiger partial charge >= 0.3 is 0 Å². The highest BCUT2D eigenvalue weighted by atomic mass is 14.9. The van der Waals surface area contributed by atoms with Crippen molar-refractivity contribution in [2.75, 3.05) is 13.6 Å². The molecule has 0 saturated carbocycles. The lowest BCUT2D eigenvalue weighted by Crippen LogP contribution is -2.09. The van der Waals surface area contributed by atoms with Gasteiger partial charge < -0.3 is 5.32 Å². The zero-order valence-electron chi connectivity index (χ0n) is 12.4. The van der Waals surface area contributed by atoms with E-state index in [0.717, 1.165) is 37.3 Å². The molecule has 20 heavy (non-hydrogen) atoms. The van der Waals surface area contributed by atoms with Crippen LogP contribution < -0.4 is 5.32 Å². The molecule has 0 bridgehead atoms. The van der Waals surface area contributed by atoms with E-state index in [1.54, 1.807) is 0 Å². The SMILES string of the molecule is CCCc1ccc(-c2ccnc(CCCNC)n2)cc1. The van der Waals surface area contributed by atoms with Gasteiger partial charge in [-0.25, -0.2) is 9.97 Å². The van der Waals surface area contributed by atoms with Crippen molar-refractivity contribution in [3.8, 4) is 11.3 Å². The summed E-state index contributed by atoms with van der Waals surface area (Å²) in [6.45, 7) is 3.20. The number of aromatic nitrogens is 2. The zero-order chi connectivity index (χ0) is 14.2. The highest BCUT2D eigenvalue weighted by molar-refractivity contribution is 5.58. The number of rotatable bonds is 7. The van der Waals surface area contributed by atoms with Gasteiger partial charge in [0.1, 0.15) is 5.82 Å². The molecular formula is C17H23N3. The summed E-state index contributed by atoms with van der Waals surface area (Å²) in [6, 6.07) is 10.7. The molecule has 0 fully saturated rings. The molecule has 1 heterocycles. The summed E-state index contributed by atoms with van der Waals surface area (Å²) >= 11 is 0. The number of nitrogens with zero attached hydrogens (tertiary/aromatic N) is 2. The van der Waals surface area contributed by atoms with Gasteiger partial charge in [-0.2, -0.15) is 0 Å². The molecule has 1 N–H and O–H groups in total. The molecule has 2 rings (SSSR count). The topological polar surface area (TPSA) is 37.8 Å². The van der Waals surface area contributed by atoms with Crippen molar-refractivity contribution in [3.05, 3.63) is 47.9 Å². The summed E-state index contributed by atoms with van der Waals surface area (Å²) in [5.74, 6) is 0.926. The molecule has 2 aromatic rings. The first-order chi connectivity index (χ1) is 9.83. The lowest BCUT2D eigenvalue weighted by molar-refractivity contribution is 0.703. The van der Waals surface area contributed by atoms with Gasteiger partial charge in [-0.1, -0.05) is 37.6 Å². The Balaban J connectivity index is 2.09. The van der Waals surface area contributed by atoms with Crippen molar-refractivity contribution >= 4 is 0 Å². The second kappa shape index (κ2) is 7.75. The van der Waals surface area contributed by atoms with Crippen molar-refractivity contribution < 1.29 is 0 Å². The molecule has 3 heteroatoms. The van der Waals surface area contributed by atoms with Crippen LogP contribution in [0.4, 0.5) is 0 Å². The minimum atomic E-state index is 0.919. The third-order valence-electron chi connectivity index (χ3n) is 3.32. The Bertz CT molecular complexity index is 520. The standard InChI is InChI=1S/C17H23N3/c1-3-5-14-7-9-15(10-8-14)16-11-13-19-17(20-16)6-4-12-18-2/h7-11,13,18H,3-6,12H2,1-2H3. The van der Waals surface area contributed by atoms with E-state index < -0.39 is 0 Å². The molecule has 0 amide bonds. The summed E-state index contributed by atoms with van der Waals surface area (Å²) in [5.41, 5.74) is 3.57. The van der Waals surface area contributed by atoms with Gasteiger partial charge in [0, 0.05) is 18.2 Å². The molecule has 106 valence electrons. The van der Waals surface area contributed by atoms with Gasteiger partial charge in [-0.15, -0.1) is 0 Å². The number of benzene rings is 1. The largest absolute Gasteiger partial charge is 0.320 e. The Hall–Kier alpha value is -1.74. The average molecular weight is 269 g/mol. The van der Waals surface area contributed by atoms with E-state index in [0.29, 0.717) is 0 Å². The van der Waals surface area contributed by atoms with Crippen LogP contribution in [-0.4, -0.2) is 23.6 Å². The van der Waals surface area contributed by atoms with Crippen LogP contribution in [0.1, 0.15) is 31.2 Å². The van der Waals surface area contributed by atoms with Crippen molar-refractivity contribution in [1.82, 2.24) is 15.3 Å². The molecule has 0 saturated heterocycles. The van der Waals surface area contributed by atoms with Gasteiger partial charge in [0.15, 0.2) is 0 Å². The Morgan fingerprint density at radius 2 is 1.85 bits per heavy atom. The van der Waals surface area contributed by atoms with Crippen molar-refractivity contribution in [2.24, 2.45) is 0 Å². The second-order valence-corrected chi connectivity index (χ2v) is 5.01. The highest BCUT2D eigenvalue weighted by Crippen LogP contribution is 2.18. The molecule has 1 aromatic carbocycles. The summed E-state index contributed by atoms with van der Waals surface area (Å²) in [4.78, 5) is 9.00. The van der Waals surface area contributed by atoms with Crippen LogP contribution in [0.3, 0.4) is 0 Å². The molecule has 0 spiro atoms. The predicted molar refractivity (Wildman–Crippen MR) is 83.7 cm³/mol. The fraction of sp³-hybridized carbons (Fsp3) is 0.412. The van der Waals surface area contributed by atoms with Crippen LogP contribution in [0, 0.1) is 0 Å². The minimum absolute atomic E-state index is 0.919. The monoisotopic (exact) mass is 269 g/mol. The first kappa shape index (κ1) is 14.7. The van der Waals surface area contributed by atoms with Crippen molar-refractivity contribution in [2.45, 2.75) is 32.6 Å². The van der Waals surface area contributed by atoms with E-state index in [2.05, 4.69) is 46.5 Å². The van der Waals surface area contributed by atoms with Crippen molar-refractivity contribution in [1.29, 1.82) is 0 Å². The smallest absolute Gasteiger partial charge is 0.128 e. The van der Waals surface area contributed by atoms with Gasteiger partial charge in [0.2, 0.25) is 0 Å². The van der Waals surface area contributed by atoms with E-state index in [9.17, 15) is 0 Å². The van der Waals surface area contributed by atoms with E-state index in [1.807, 2.05) is 19.3 Å². The number of hydrogen-bond acceptors (Lipinski definition) is 3. The molecule has 0 aliphatic heterocycles. The Kier molecular flexibility index (Phi) is 5.69. The second-order valence-electron chi connectivity index (χ2n) is 5.01. The number of aryl methyl sites for hydroxylation is 2.